The minimum atomic E-state index is -4.42. The Labute approximate surface area is 151 Å². The summed E-state index contributed by atoms with van der Waals surface area (Å²) in [6, 6.07) is 13.2. The molecule has 1 aliphatic heterocycles. The van der Waals surface area contributed by atoms with Crippen LogP contribution >= 0.6 is 0 Å². The molecular weight excluding hydrogens is 341 g/mol. The highest BCUT2D eigenvalue weighted by atomic mass is 19.4. The second-order valence-electron chi connectivity index (χ2n) is 6.62. The van der Waals surface area contributed by atoms with Crippen LogP contribution in [0.4, 0.5) is 13.2 Å². The molecule has 1 fully saturated rings. The monoisotopic (exact) mass is 364 g/mol. The van der Waals surface area contributed by atoms with Crippen LogP contribution in [0.5, 0.6) is 5.75 Å². The number of halogens is 3. The molecule has 1 saturated heterocycles. The van der Waals surface area contributed by atoms with E-state index in [4.69, 9.17) is 10.5 Å². The average molecular weight is 364 g/mol. The predicted molar refractivity (Wildman–Crippen MR) is 95.0 cm³/mol. The van der Waals surface area contributed by atoms with Crippen LogP contribution in [0.1, 0.15) is 29.0 Å². The second-order valence-corrected chi connectivity index (χ2v) is 6.62. The molecule has 3 N–H and O–H groups in total. The lowest BCUT2D eigenvalue weighted by Crippen LogP contribution is -2.39. The number of nitrogens with one attached hydrogen (secondary N) is 1. The quantitative estimate of drug-likeness (QED) is 0.845. The number of rotatable bonds is 5. The molecule has 1 heterocycles. The van der Waals surface area contributed by atoms with Gasteiger partial charge in [-0.2, -0.15) is 13.2 Å². The Hall–Kier alpha value is -2.05. The summed E-state index contributed by atoms with van der Waals surface area (Å²) in [4.78, 5) is 0. The van der Waals surface area contributed by atoms with Gasteiger partial charge in [0.05, 0.1) is 5.56 Å². The van der Waals surface area contributed by atoms with Crippen molar-refractivity contribution in [3.05, 3.63) is 65.2 Å². The predicted octanol–water partition coefficient (Wildman–Crippen LogP) is 3.94. The summed E-state index contributed by atoms with van der Waals surface area (Å²) in [6.45, 7) is 2.62. The van der Waals surface area contributed by atoms with Gasteiger partial charge in [0, 0.05) is 0 Å². The Morgan fingerprint density at radius 1 is 1.08 bits per heavy atom. The normalized spacial score (nSPS) is 20.8. The van der Waals surface area contributed by atoms with Gasteiger partial charge in [0.15, 0.2) is 0 Å². The van der Waals surface area contributed by atoms with Gasteiger partial charge in [-0.25, -0.2) is 0 Å². The van der Waals surface area contributed by atoms with Crippen LogP contribution in [0.2, 0.25) is 0 Å². The number of hydrogen-bond donors (Lipinski definition) is 2. The maximum absolute atomic E-state index is 13.0. The van der Waals surface area contributed by atoms with Gasteiger partial charge >= 0.3 is 6.18 Å². The molecule has 6 heteroatoms. The topological polar surface area (TPSA) is 47.3 Å². The molecule has 3 rings (SSSR count). The first-order valence-corrected chi connectivity index (χ1v) is 8.77. The number of nitrogens with two attached hydrogens (primary N) is 1. The summed E-state index contributed by atoms with van der Waals surface area (Å²) in [6.07, 6.45) is -3.39. The molecule has 0 saturated carbocycles. The van der Waals surface area contributed by atoms with E-state index in [1.54, 1.807) is 0 Å². The zero-order valence-electron chi connectivity index (χ0n) is 14.4. The van der Waals surface area contributed by atoms with Crippen LogP contribution in [0.25, 0.3) is 0 Å². The molecule has 0 aliphatic carbocycles. The lowest BCUT2D eigenvalue weighted by Gasteiger charge is -2.31. The standard InChI is InChI=1S/C20H23F3N2O/c21-20(22,23)18-3-1-2-4-19(18)26-13-14-5-7-15(8-6-14)17-9-10-25-12-16(17)11-24/h1-8,16-17,25H,9-13,24H2. The SMILES string of the molecule is NCC1CNCCC1c1ccc(COc2ccccc2C(F)(F)F)cc1. The van der Waals surface area contributed by atoms with E-state index in [-0.39, 0.29) is 12.4 Å². The summed E-state index contributed by atoms with van der Waals surface area (Å²) < 4.78 is 44.5. The van der Waals surface area contributed by atoms with E-state index >= 15 is 0 Å². The smallest absolute Gasteiger partial charge is 0.419 e. The summed E-state index contributed by atoms with van der Waals surface area (Å²) in [5.74, 6) is 0.678. The Kier molecular flexibility index (Phi) is 5.84. The summed E-state index contributed by atoms with van der Waals surface area (Å²) in [5.41, 5.74) is 7.18. The number of hydrogen-bond acceptors (Lipinski definition) is 3. The molecule has 2 aromatic rings. The van der Waals surface area contributed by atoms with Crippen molar-refractivity contribution in [3.63, 3.8) is 0 Å². The number of ether oxygens (including phenoxy) is 1. The first-order valence-electron chi connectivity index (χ1n) is 8.77. The lowest BCUT2D eigenvalue weighted by atomic mass is 9.81. The van der Waals surface area contributed by atoms with Gasteiger partial charge in [0.25, 0.3) is 0 Å². The third kappa shape index (κ3) is 4.37. The minimum absolute atomic E-state index is 0.0971. The van der Waals surface area contributed by atoms with Gasteiger partial charge in [0.2, 0.25) is 0 Å². The van der Waals surface area contributed by atoms with Gasteiger partial charge in [-0.1, -0.05) is 36.4 Å². The number of benzene rings is 2. The summed E-state index contributed by atoms with van der Waals surface area (Å²) in [5, 5.41) is 3.36. The molecule has 0 spiro atoms. The number of para-hydroxylation sites is 1. The number of piperidine rings is 1. The van der Waals surface area contributed by atoms with Crippen LogP contribution in [-0.2, 0) is 12.8 Å². The van der Waals surface area contributed by atoms with Gasteiger partial charge < -0.3 is 15.8 Å². The maximum Gasteiger partial charge on any atom is 0.419 e. The number of alkyl halides is 3. The van der Waals surface area contributed by atoms with E-state index in [2.05, 4.69) is 5.32 Å². The second kappa shape index (κ2) is 8.10. The molecule has 3 nitrogen and oxygen atoms in total. The first kappa shape index (κ1) is 18.7. The first-order chi connectivity index (χ1) is 12.5. The molecule has 0 aromatic heterocycles. The Balaban J connectivity index is 1.67. The third-order valence-corrected chi connectivity index (χ3v) is 4.91. The molecule has 1 aliphatic rings. The molecular formula is C20H23F3N2O. The fourth-order valence-corrected chi connectivity index (χ4v) is 3.46. The maximum atomic E-state index is 13.0. The molecule has 2 unspecified atom stereocenters. The highest BCUT2D eigenvalue weighted by molar-refractivity contribution is 5.36. The highest BCUT2D eigenvalue weighted by Gasteiger charge is 2.34. The van der Waals surface area contributed by atoms with E-state index in [0.29, 0.717) is 18.4 Å². The average Bonchev–Trinajstić information content (AvgIpc) is 2.66. The van der Waals surface area contributed by atoms with Crippen molar-refractivity contribution >= 4 is 0 Å². The van der Waals surface area contributed by atoms with Gasteiger partial charge in [-0.05, 0) is 61.2 Å². The van der Waals surface area contributed by atoms with E-state index in [1.165, 1.54) is 23.8 Å². The molecule has 0 radical (unpaired) electrons. The van der Waals surface area contributed by atoms with Crippen molar-refractivity contribution in [2.45, 2.75) is 25.1 Å². The van der Waals surface area contributed by atoms with Crippen molar-refractivity contribution in [2.24, 2.45) is 11.7 Å². The molecule has 140 valence electrons. The van der Waals surface area contributed by atoms with E-state index in [1.807, 2.05) is 24.3 Å². The van der Waals surface area contributed by atoms with Crippen molar-refractivity contribution in [1.82, 2.24) is 5.32 Å². The minimum Gasteiger partial charge on any atom is -0.488 e. The van der Waals surface area contributed by atoms with Crippen molar-refractivity contribution in [2.75, 3.05) is 19.6 Å². The van der Waals surface area contributed by atoms with E-state index in [9.17, 15) is 13.2 Å². The summed E-state index contributed by atoms with van der Waals surface area (Å²) >= 11 is 0. The van der Waals surface area contributed by atoms with E-state index < -0.39 is 11.7 Å². The Morgan fingerprint density at radius 3 is 2.50 bits per heavy atom. The highest BCUT2D eigenvalue weighted by Crippen LogP contribution is 2.36. The van der Waals surface area contributed by atoms with Crippen molar-refractivity contribution in [1.29, 1.82) is 0 Å². The van der Waals surface area contributed by atoms with Crippen molar-refractivity contribution < 1.29 is 17.9 Å². The van der Waals surface area contributed by atoms with Crippen LogP contribution in [0.3, 0.4) is 0 Å². The van der Waals surface area contributed by atoms with Gasteiger partial charge in [-0.3, -0.25) is 0 Å². The molecule has 0 bridgehead atoms. The molecule has 0 amide bonds. The third-order valence-electron chi connectivity index (χ3n) is 4.91. The molecule has 26 heavy (non-hydrogen) atoms. The summed E-state index contributed by atoms with van der Waals surface area (Å²) in [7, 11) is 0. The van der Waals surface area contributed by atoms with Crippen LogP contribution in [0.15, 0.2) is 48.5 Å². The fourth-order valence-electron chi connectivity index (χ4n) is 3.46. The largest absolute Gasteiger partial charge is 0.488 e. The Bertz CT molecular complexity index is 716. The van der Waals surface area contributed by atoms with Gasteiger partial charge in [0.1, 0.15) is 12.4 Å². The van der Waals surface area contributed by atoms with E-state index in [0.717, 1.165) is 31.1 Å². The zero-order chi connectivity index (χ0) is 18.6. The van der Waals surface area contributed by atoms with Crippen molar-refractivity contribution in [3.8, 4) is 5.75 Å². The molecule has 2 aromatic carbocycles. The van der Waals surface area contributed by atoms with Crippen LogP contribution in [0, 0.1) is 5.92 Å². The van der Waals surface area contributed by atoms with Gasteiger partial charge in [-0.15, -0.1) is 0 Å². The zero-order valence-corrected chi connectivity index (χ0v) is 14.4. The lowest BCUT2D eigenvalue weighted by molar-refractivity contribution is -0.139. The fraction of sp³-hybridized carbons (Fsp3) is 0.400. The van der Waals surface area contributed by atoms with Crippen LogP contribution in [-0.4, -0.2) is 19.6 Å². The Morgan fingerprint density at radius 2 is 1.81 bits per heavy atom. The molecule has 2 atom stereocenters. The van der Waals surface area contributed by atoms with Crippen LogP contribution < -0.4 is 15.8 Å².